The summed E-state index contributed by atoms with van der Waals surface area (Å²) in [5, 5.41) is 3.16. The van der Waals surface area contributed by atoms with E-state index in [1.807, 2.05) is 19.9 Å². The molecule has 134 valence electrons. The predicted molar refractivity (Wildman–Crippen MR) is 95.0 cm³/mol. The van der Waals surface area contributed by atoms with Crippen molar-refractivity contribution in [3.8, 4) is 0 Å². The summed E-state index contributed by atoms with van der Waals surface area (Å²) in [5.74, 6) is -0.148. The van der Waals surface area contributed by atoms with Gasteiger partial charge in [0.1, 0.15) is 5.69 Å². The first kappa shape index (κ1) is 16.4. The van der Waals surface area contributed by atoms with Crippen LogP contribution in [0.3, 0.4) is 0 Å². The van der Waals surface area contributed by atoms with Crippen molar-refractivity contribution >= 4 is 11.6 Å². The second kappa shape index (κ2) is 6.36. The lowest BCUT2D eigenvalue weighted by molar-refractivity contribution is 0.0726. The third-order valence-electron chi connectivity index (χ3n) is 4.94. The smallest absolute Gasteiger partial charge is 0.276 e. The Balaban J connectivity index is 1.73. The molecule has 1 aliphatic heterocycles. The first-order chi connectivity index (χ1) is 12.6. The van der Waals surface area contributed by atoms with E-state index in [1.165, 1.54) is 16.9 Å². The molecule has 4 rings (SSSR count). The van der Waals surface area contributed by atoms with E-state index in [0.717, 1.165) is 24.2 Å². The van der Waals surface area contributed by atoms with Gasteiger partial charge in [-0.15, -0.1) is 0 Å². The third kappa shape index (κ3) is 2.58. The van der Waals surface area contributed by atoms with Crippen LogP contribution in [0.15, 0.2) is 29.5 Å². The lowest BCUT2D eigenvalue weighted by Gasteiger charge is -2.23. The van der Waals surface area contributed by atoms with Crippen molar-refractivity contribution in [1.29, 1.82) is 0 Å². The van der Waals surface area contributed by atoms with Crippen molar-refractivity contribution < 1.29 is 4.79 Å². The molecule has 8 heteroatoms. The fraction of sp³-hybridized carbons (Fsp3) is 0.389. The van der Waals surface area contributed by atoms with Crippen LogP contribution in [0.2, 0.25) is 0 Å². The summed E-state index contributed by atoms with van der Waals surface area (Å²) in [6.07, 6.45) is 6.89. The van der Waals surface area contributed by atoms with Gasteiger partial charge >= 0.3 is 0 Å². The maximum absolute atomic E-state index is 12.8. The largest absolute Gasteiger partial charge is 0.329 e. The quantitative estimate of drug-likeness (QED) is 0.773. The summed E-state index contributed by atoms with van der Waals surface area (Å²) in [4.78, 5) is 39.8. The molecule has 0 aromatic carbocycles. The van der Waals surface area contributed by atoms with Gasteiger partial charge in [0.05, 0.1) is 17.9 Å². The highest BCUT2D eigenvalue weighted by Gasteiger charge is 2.32. The van der Waals surface area contributed by atoms with Crippen LogP contribution in [0.25, 0.3) is 5.65 Å². The molecule has 8 nitrogen and oxygen atoms in total. The van der Waals surface area contributed by atoms with Crippen LogP contribution in [0.4, 0.5) is 0 Å². The molecule has 1 aliphatic rings. The number of aryl methyl sites for hydroxylation is 1. The molecular weight excluding hydrogens is 332 g/mol. The number of hydrogen-bond donors (Lipinski definition) is 1. The van der Waals surface area contributed by atoms with Crippen molar-refractivity contribution in [3.05, 3.63) is 57.7 Å². The number of carbonyl (C=O) groups is 1. The van der Waals surface area contributed by atoms with Crippen LogP contribution in [0.5, 0.6) is 0 Å². The number of H-pyrrole nitrogens is 1. The van der Waals surface area contributed by atoms with Crippen LogP contribution in [0.1, 0.15) is 53.2 Å². The maximum atomic E-state index is 12.8. The van der Waals surface area contributed by atoms with Gasteiger partial charge in [-0.05, 0) is 26.2 Å². The Morgan fingerprint density at radius 1 is 1.38 bits per heavy atom. The molecule has 4 heterocycles. The summed E-state index contributed by atoms with van der Waals surface area (Å²) in [6, 6.07) is 1.73. The van der Waals surface area contributed by atoms with Crippen LogP contribution < -0.4 is 5.56 Å². The number of hydrogen-bond acceptors (Lipinski definition) is 5. The molecular formula is C18H20N6O2. The summed E-state index contributed by atoms with van der Waals surface area (Å²) >= 11 is 0. The zero-order valence-electron chi connectivity index (χ0n) is 14.8. The van der Waals surface area contributed by atoms with E-state index in [9.17, 15) is 9.59 Å². The minimum absolute atomic E-state index is 0.0777. The first-order valence-corrected chi connectivity index (χ1v) is 8.78. The van der Waals surface area contributed by atoms with E-state index in [1.54, 1.807) is 11.1 Å². The zero-order chi connectivity index (χ0) is 18.3. The Bertz CT molecular complexity index is 1020. The lowest BCUT2D eigenvalue weighted by Crippen LogP contribution is -2.31. The maximum Gasteiger partial charge on any atom is 0.276 e. The number of rotatable bonds is 3. The summed E-state index contributed by atoms with van der Waals surface area (Å²) < 4.78 is 1.48. The number of likely N-dealkylation sites (tertiary alicyclic amines) is 1. The van der Waals surface area contributed by atoms with E-state index >= 15 is 0 Å². The Morgan fingerprint density at radius 3 is 2.96 bits per heavy atom. The fourth-order valence-electron chi connectivity index (χ4n) is 3.66. The van der Waals surface area contributed by atoms with Gasteiger partial charge < -0.3 is 4.90 Å². The molecule has 1 fully saturated rings. The van der Waals surface area contributed by atoms with Crippen LogP contribution in [-0.4, -0.2) is 41.9 Å². The van der Waals surface area contributed by atoms with E-state index in [2.05, 4.69) is 20.1 Å². The van der Waals surface area contributed by atoms with Crippen LogP contribution >= 0.6 is 0 Å². The molecule has 1 amide bonds. The fourth-order valence-corrected chi connectivity index (χ4v) is 3.66. The molecule has 1 unspecified atom stereocenters. The van der Waals surface area contributed by atoms with Gasteiger partial charge in [-0.1, -0.05) is 6.92 Å². The van der Waals surface area contributed by atoms with E-state index < -0.39 is 0 Å². The standard InChI is InChI=1S/C18H20N6O2/c1-3-12-11(2)21-16-9-13(22-24(16)17(12)25)15-5-4-8-23(15)18(26)14-10-19-6-7-20-14/h6-7,9-10,15,22H,3-5,8H2,1-2H3. The average Bonchev–Trinajstić information content (AvgIpc) is 3.29. The average molecular weight is 352 g/mol. The van der Waals surface area contributed by atoms with E-state index in [-0.39, 0.29) is 17.5 Å². The highest BCUT2D eigenvalue weighted by Crippen LogP contribution is 2.32. The van der Waals surface area contributed by atoms with Gasteiger partial charge in [-0.2, -0.15) is 0 Å². The Morgan fingerprint density at radius 2 is 2.23 bits per heavy atom. The van der Waals surface area contributed by atoms with Gasteiger partial charge in [0.15, 0.2) is 5.65 Å². The van der Waals surface area contributed by atoms with Gasteiger partial charge in [0.25, 0.3) is 11.5 Å². The Kier molecular flexibility index (Phi) is 4.02. The normalized spacial score (nSPS) is 17.2. The number of nitrogens with zero attached hydrogens (tertiary/aromatic N) is 5. The summed E-state index contributed by atoms with van der Waals surface area (Å²) in [5.41, 5.74) is 3.10. The van der Waals surface area contributed by atoms with Crippen LogP contribution in [0, 0.1) is 6.92 Å². The Hall–Kier alpha value is -3.03. The SMILES string of the molecule is CCc1c(C)nc2cc(C3CCCN3C(=O)c3cnccn3)[nH]n2c1=O. The number of carbonyl (C=O) groups excluding carboxylic acids is 1. The predicted octanol–water partition coefficient (Wildman–Crippen LogP) is 1.66. The molecule has 1 N–H and O–H groups in total. The minimum Gasteiger partial charge on any atom is -0.329 e. The molecule has 0 spiro atoms. The zero-order valence-corrected chi connectivity index (χ0v) is 14.8. The van der Waals surface area contributed by atoms with Crippen molar-refractivity contribution in [2.45, 2.75) is 39.2 Å². The molecule has 0 radical (unpaired) electrons. The second-order valence-corrected chi connectivity index (χ2v) is 6.49. The molecule has 0 bridgehead atoms. The minimum atomic E-state index is -0.148. The third-order valence-corrected chi connectivity index (χ3v) is 4.94. The van der Waals surface area contributed by atoms with Crippen molar-refractivity contribution in [2.75, 3.05) is 6.54 Å². The van der Waals surface area contributed by atoms with Crippen molar-refractivity contribution in [3.63, 3.8) is 0 Å². The van der Waals surface area contributed by atoms with Crippen molar-refractivity contribution in [2.24, 2.45) is 0 Å². The summed E-state index contributed by atoms with van der Waals surface area (Å²) in [7, 11) is 0. The monoisotopic (exact) mass is 352 g/mol. The Labute approximate surface area is 149 Å². The highest BCUT2D eigenvalue weighted by atomic mass is 16.2. The van der Waals surface area contributed by atoms with Gasteiger partial charge in [-0.25, -0.2) is 14.5 Å². The number of aromatic amines is 1. The molecule has 3 aromatic heterocycles. The number of nitrogens with one attached hydrogen (secondary N) is 1. The van der Waals surface area contributed by atoms with E-state index in [0.29, 0.717) is 29.9 Å². The molecule has 1 atom stereocenters. The van der Waals surface area contributed by atoms with Crippen molar-refractivity contribution in [1.82, 2.24) is 29.5 Å². The first-order valence-electron chi connectivity index (χ1n) is 8.78. The molecule has 26 heavy (non-hydrogen) atoms. The van der Waals surface area contributed by atoms with Gasteiger partial charge in [0.2, 0.25) is 0 Å². The van der Waals surface area contributed by atoms with E-state index in [4.69, 9.17) is 0 Å². The topological polar surface area (TPSA) is 96.2 Å². The number of aromatic nitrogens is 5. The number of amides is 1. The van der Waals surface area contributed by atoms with Gasteiger partial charge in [0, 0.05) is 36.3 Å². The molecule has 0 saturated carbocycles. The highest BCUT2D eigenvalue weighted by molar-refractivity contribution is 5.92. The molecule has 3 aromatic rings. The number of fused-ring (bicyclic) bond motifs is 1. The lowest BCUT2D eigenvalue weighted by atomic mass is 10.1. The molecule has 0 aliphatic carbocycles. The molecule has 1 saturated heterocycles. The second-order valence-electron chi connectivity index (χ2n) is 6.49. The van der Waals surface area contributed by atoms with Crippen LogP contribution in [-0.2, 0) is 6.42 Å². The summed E-state index contributed by atoms with van der Waals surface area (Å²) in [6.45, 7) is 4.45. The van der Waals surface area contributed by atoms with Gasteiger partial charge in [-0.3, -0.25) is 19.7 Å².